The molecule has 1 aromatic carbocycles. The van der Waals surface area contributed by atoms with Crippen LogP contribution in [0.5, 0.6) is 0 Å². The molecule has 1 aromatic rings. The highest BCUT2D eigenvalue weighted by atomic mass is 19.1. The maximum atomic E-state index is 13.1. The fourth-order valence-corrected chi connectivity index (χ4v) is 3.24. The van der Waals surface area contributed by atoms with Gasteiger partial charge in [0, 0.05) is 18.6 Å². The van der Waals surface area contributed by atoms with Gasteiger partial charge in [-0.25, -0.2) is 4.39 Å². The first-order valence-corrected chi connectivity index (χ1v) is 7.49. The molecule has 2 aliphatic rings. The lowest BCUT2D eigenvalue weighted by Crippen LogP contribution is -2.42. The summed E-state index contributed by atoms with van der Waals surface area (Å²) >= 11 is 0. The first-order valence-electron chi connectivity index (χ1n) is 7.49. The molecule has 2 fully saturated rings. The lowest BCUT2D eigenvalue weighted by Gasteiger charge is -2.33. The highest BCUT2D eigenvalue weighted by molar-refractivity contribution is 5.84. The molecule has 2 saturated heterocycles. The molecule has 0 aromatic heterocycles. The largest absolute Gasteiger partial charge is 0.381 e. The van der Waals surface area contributed by atoms with Gasteiger partial charge in [0.05, 0.1) is 12.6 Å². The molecule has 2 heterocycles. The SMILES string of the molecule is CC1NC(c2ccc(F)cc2)N(C(C)C2CCOC2)C1=O. The van der Waals surface area contributed by atoms with Crippen LogP contribution in [0.15, 0.2) is 24.3 Å². The number of halogens is 1. The van der Waals surface area contributed by atoms with Gasteiger partial charge in [-0.15, -0.1) is 0 Å². The molecule has 1 amide bonds. The minimum absolute atomic E-state index is 0.101. The van der Waals surface area contributed by atoms with E-state index in [0.717, 1.165) is 18.6 Å². The number of carbonyl (C=O) groups excluding carboxylic acids is 1. The molecule has 114 valence electrons. The monoisotopic (exact) mass is 292 g/mol. The van der Waals surface area contributed by atoms with Crippen molar-refractivity contribution >= 4 is 5.91 Å². The van der Waals surface area contributed by atoms with Crippen LogP contribution in [-0.2, 0) is 9.53 Å². The first-order chi connectivity index (χ1) is 10.1. The Hall–Kier alpha value is -1.46. The molecule has 2 aliphatic heterocycles. The Morgan fingerprint density at radius 2 is 2.10 bits per heavy atom. The Bertz CT molecular complexity index is 514. The van der Waals surface area contributed by atoms with Crippen molar-refractivity contribution in [2.45, 2.75) is 38.5 Å². The third kappa shape index (κ3) is 2.68. The molecule has 4 unspecified atom stereocenters. The van der Waals surface area contributed by atoms with Crippen LogP contribution in [0.25, 0.3) is 0 Å². The van der Waals surface area contributed by atoms with E-state index in [-0.39, 0.29) is 30.0 Å². The summed E-state index contributed by atoms with van der Waals surface area (Å²) in [6.45, 7) is 5.42. The molecule has 21 heavy (non-hydrogen) atoms. The van der Waals surface area contributed by atoms with Gasteiger partial charge in [0.2, 0.25) is 5.91 Å². The average Bonchev–Trinajstić information content (AvgIpc) is 3.09. The van der Waals surface area contributed by atoms with Crippen molar-refractivity contribution in [2.24, 2.45) is 5.92 Å². The summed E-state index contributed by atoms with van der Waals surface area (Å²) in [5, 5.41) is 3.31. The molecule has 0 saturated carbocycles. The van der Waals surface area contributed by atoms with Gasteiger partial charge in [-0.3, -0.25) is 10.1 Å². The Balaban J connectivity index is 1.86. The van der Waals surface area contributed by atoms with Gasteiger partial charge in [0.1, 0.15) is 12.0 Å². The van der Waals surface area contributed by atoms with E-state index in [2.05, 4.69) is 12.2 Å². The summed E-state index contributed by atoms with van der Waals surface area (Å²) in [5.74, 6) is 0.202. The fraction of sp³-hybridized carbons (Fsp3) is 0.562. The summed E-state index contributed by atoms with van der Waals surface area (Å²) in [5.41, 5.74) is 0.917. The van der Waals surface area contributed by atoms with E-state index in [9.17, 15) is 9.18 Å². The predicted molar refractivity (Wildman–Crippen MR) is 77.0 cm³/mol. The van der Waals surface area contributed by atoms with E-state index in [0.29, 0.717) is 12.5 Å². The number of carbonyl (C=O) groups is 1. The fourth-order valence-electron chi connectivity index (χ4n) is 3.24. The number of nitrogens with one attached hydrogen (secondary N) is 1. The van der Waals surface area contributed by atoms with E-state index < -0.39 is 0 Å². The van der Waals surface area contributed by atoms with Gasteiger partial charge in [-0.1, -0.05) is 12.1 Å². The molecule has 0 spiro atoms. The van der Waals surface area contributed by atoms with Gasteiger partial charge in [-0.2, -0.15) is 0 Å². The highest BCUT2D eigenvalue weighted by Gasteiger charge is 2.42. The number of hydrogen-bond donors (Lipinski definition) is 1. The number of benzene rings is 1. The molecular weight excluding hydrogens is 271 g/mol. The second kappa shape index (κ2) is 5.73. The third-order valence-corrected chi connectivity index (χ3v) is 4.58. The molecule has 5 heteroatoms. The van der Waals surface area contributed by atoms with Crippen molar-refractivity contribution in [3.63, 3.8) is 0 Å². The molecule has 0 radical (unpaired) electrons. The molecule has 0 aliphatic carbocycles. The van der Waals surface area contributed by atoms with Gasteiger partial charge in [-0.05, 0) is 38.0 Å². The molecule has 0 bridgehead atoms. The van der Waals surface area contributed by atoms with Crippen molar-refractivity contribution in [1.29, 1.82) is 0 Å². The van der Waals surface area contributed by atoms with Gasteiger partial charge in [0.25, 0.3) is 0 Å². The van der Waals surface area contributed by atoms with Gasteiger partial charge >= 0.3 is 0 Å². The third-order valence-electron chi connectivity index (χ3n) is 4.58. The van der Waals surface area contributed by atoms with Crippen LogP contribution in [0.2, 0.25) is 0 Å². The van der Waals surface area contributed by atoms with Crippen molar-refractivity contribution in [3.8, 4) is 0 Å². The maximum absolute atomic E-state index is 13.1. The normalized spacial score (nSPS) is 30.9. The standard InChI is InChI=1S/C16H21FN2O2/c1-10-16(20)19(11(2)13-7-8-21-9-13)15(18-10)12-3-5-14(17)6-4-12/h3-6,10-11,13,15,18H,7-9H2,1-2H3. The lowest BCUT2D eigenvalue weighted by molar-refractivity contribution is -0.132. The quantitative estimate of drug-likeness (QED) is 0.927. The zero-order valence-corrected chi connectivity index (χ0v) is 12.4. The van der Waals surface area contributed by atoms with E-state index in [1.54, 1.807) is 12.1 Å². The summed E-state index contributed by atoms with van der Waals surface area (Å²) < 4.78 is 18.6. The number of amides is 1. The second-order valence-corrected chi connectivity index (χ2v) is 5.95. The van der Waals surface area contributed by atoms with E-state index >= 15 is 0 Å². The van der Waals surface area contributed by atoms with Crippen LogP contribution in [0.3, 0.4) is 0 Å². The molecule has 4 nitrogen and oxygen atoms in total. The zero-order chi connectivity index (χ0) is 15.0. The van der Waals surface area contributed by atoms with E-state index in [4.69, 9.17) is 4.74 Å². The Labute approximate surface area is 124 Å². The van der Waals surface area contributed by atoms with Crippen molar-refractivity contribution in [3.05, 3.63) is 35.6 Å². The van der Waals surface area contributed by atoms with Crippen LogP contribution in [-0.4, -0.2) is 36.1 Å². The number of rotatable bonds is 3. The number of nitrogens with zero attached hydrogens (tertiary/aromatic N) is 1. The summed E-state index contributed by atoms with van der Waals surface area (Å²) in [6, 6.07) is 6.24. The number of ether oxygens (including phenoxy) is 1. The van der Waals surface area contributed by atoms with Crippen LogP contribution in [0.4, 0.5) is 4.39 Å². The first kappa shape index (κ1) is 14.5. The molecule has 4 atom stereocenters. The Kier molecular flexibility index (Phi) is 3.95. The topological polar surface area (TPSA) is 41.6 Å². The predicted octanol–water partition coefficient (Wildman–Crippen LogP) is 2.07. The van der Waals surface area contributed by atoms with Crippen molar-refractivity contribution in [2.75, 3.05) is 13.2 Å². The molecular formula is C16H21FN2O2. The van der Waals surface area contributed by atoms with E-state index in [1.165, 1.54) is 12.1 Å². The maximum Gasteiger partial charge on any atom is 0.241 e. The summed E-state index contributed by atoms with van der Waals surface area (Å²) in [7, 11) is 0. The van der Waals surface area contributed by atoms with Crippen LogP contribution < -0.4 is 5.32 Å². The highest BCUT2D eigenvalue weighted by Crippen LogP contribution is 2.32. The summed E-state index contributed by atoms with van der Waals surface area (Å²) in [6.07, 6.45) is 0.791. The van der Waals surface area contributed by atoms with E-state index in [1.807, 2.05) is 11.8 Å². The van der Waals surface area contributed by atoms with Gasteiger partial charge < -0.3 is 9.64 Å². The van der Waals surface area contributed by atoms with Gasteiger partial charge in [0.15, 0.2) is 0 Å². The molecule has 3 rings (SSSR count). The van der Waals surface area contributed by atoms with Crippen molar-refractivity contribution < 1.29 is 13.9 Å². The summed E-state index contributed by atoms with van der Waals surface area (Å²) in [4.78, 5) is 14.4. The Morgan fingerprint density at radius 1 is 1.38 bits per heavy atom. The average molecular weight is 292 g/mol. The van der Waals surface area contributed by atoms with Crippen LogP contribution in [0.1, 0.15) is 32.0 Å². The second-order valence-electron chi connectivity index (χ2n) is 5.95. The minimum atomic E-state index is -0.264. The number of hydrogen-bond acceptors (Lipinski definition) is 3. The van der Waals surface area contributed by atoms with Crippen molar-refractivity contribution in [1.82, 2.24) is 10.2 Å². The lowest BCUT2D eigenvalue weighted by atomic mass is 9.98. The van der Waals surface area contributed by atoms with Crippen LogP contribution in [0, 0.1) is 11.7 Å². The van der Waals surface area contributed by atoms with Crippen LogP contribution >= 0.6 is 0 Å². The zero-order valence-electron chi connectivity index (χ0n) is 12.4. The Morgan fingerprint density at radius 3 is 2.71 bits per heavy atom. The molecule has 1 N–H and O–H groups in total. The minimum Gasteiger partial charge on any atom is -0.381 e. The smallest absolute Gasteiger partial charge is 0.241 e.